The summed E-state index contributed by atoms with van der Waals surface area (Å²) >= 11 is 0. The average Bonchev–Trinajstić information content (AvgIpc) is 2.36. The van der Waals surface area contributed by atoms with E-state index in [1.807, 2.05) is 13.8 Å². The second-order valence-corrected chi connectivity index (χ2v) is 4.92. The molecule has 2 N–H and O–H groups in total. The van der Waals surface area contributed by atoms with Crippen molar-refractivity contribution in [2.24, 2.45) is 0 Å². The molecule has 0 saturated carbocycles. The molecule has 1 aliphatic rings. The van der Waals surface area contributed by atoms with Gasteiger partial charge in [0.25, 0.3) is 5.91 Å². The third-order valence-corrected chi connectivity index (χ3v) is 3.18. The summed E-state index contributed by atoms with van der Waals surface area (Å²) in [5, 5.41) is 0. The maximum absolute atomic E-state index is 12.4. The molecular weight excluding hydrogens is 244 g/mol. The standard InChI is InChI=1S/C14H20N2O3/c1-9-7-16(8-10(2)19-9)14(17)11-4-5-13(18-3)12(15)6-11/h4-6,9-10H,7-8,15H2,1-3H3. The maximum atomic E-state index is 12.4. The molecule has 2 atom stereocenters. The van der Waals surface area contributed by atoms with Gasteiger partial charge in [0.1, 0.15) is 5.75 Å². The summed E-state index contributed by atoms with van der Waals surface area (Å²) in [6, 6.07) is 5.12. The Morgan fingerprint density at radius 1 is 1.37 bits per heavy atom. The summed E-state index contributed by atoms with van der Waals surface area (Å²) in [4.78, 5) is 14.2. The summed E-state index contributed by atoms with van der Waals surface area (Å²) < 4.78 is 10.7. The van der Waals surface area contributed by atoms with E-state index in [4.69, 9.17) is 15.2 Å². The normalized spacial score (nSPS) is 23.2. The minimum Gasteiger partial charge on any atom is -0.495 e. The van der Waals surface area contributed by atoms with Crippen LogP contribution >= 0.6 is 0 Å². The van der Waals surface area contributed by atoms with Crippen molar-refractivity contribution in [1.29, 1.82) is 0 Å². The number of nitrogens with zero attached hydrogens (tertiary/aromatic N) is 1. The number of methoxy groups -OCH3 is 1. The van der Waals surface area contributed by atoms with Crippen LogP contribution in [-0.2, 0) is 4.74 Å². The number of nitrogen functional groups attached to an aromatic ring is 1. The fourth-order valence-corrected chi connectivity index (χ4v) is 2.39. The van der Waals surface area contributed by atoms with Crippen molar-refractivity contribution in [3.63, 3.8) is 0 Å². The first-order valence-electron chi connectivity index (χ1n) is 6.39. The molecular formula is C14H20N2O3. The van der Waals surface area contributed by atoms with E-state index in [9.17, 15) is 4.79 Å². The molecule has 0 radical (unpaired) electrons. The Labute approximate surface area is 113 Å². The van der Waals surface area contributed by atoms with Crippen molar-refractivity contribution < 1.29 is 14.3 Å². The van der Waals surface area contributed by atoms with E-state index in [1.54, 1.807) is 30.2 Å². The number of amides is 1. The highest BCUT2D eigenvalue weighted by atomic mass is 16.5. The Morgan fingerprint density at radius 2 is 2.00 bits per heavy atom. The van der Waals surface area contributed by atoms with Gasteiger partial charge in [-0.25, -0.2) is 0 Å². The fraction of sp³-hybridized carbons (Fsp3) is 0.500. The van der Waals surface area contributed by atoms with Gasteiger partial charge < -0.3 is 20.1 Å². The van der Waals surface area contributed by atoms with Gasteiger partial charge in [0, 0.05) is 18.7 Å². The molecule has 1 aromatic carbocycles. The largest absolute Gasteiger partial charge is 0.495 e. The fourth-order valence-electron chi connectivity index (χ4n) is 2.39. The molecule has 1 heterocycles. The van der Waals surface area contributed by atoms with Gasteiger partial charge in [0.15, 0.2) is 0 Å². The Hall–Kier alpha value is -1.75. The molecule has 2 rings (SSSR count). The van der Waals surface area contributed by atoms with Crippen LogP contribution in [0.3, 0.4) is 0 Å². The predicted octanol–water partition coefficient (Wildman–Crippen LogP) is 1.53. The Balaban J connectivity index is 2.17. The molecule has 1 saturated heterocycles. The molecule has 1 fully saturated rings. The first-order valence-corrected chi connectivity index (χ1v) is 6.39. The second-order valence-electron chi connectivity index (χ2n) is 4.92. The second kappa shape index (κ2) is 5.48. The number of anilines is 1. The van der Waals surface area contributed by atoms with Crippen LogP contribution in [0, 0.1) is 0 Å². The number of benzene rings is 1. The van der Waals surface area contributed by atoms with Gasteiger partial charge in [-0.3, -0.25) is 4.79 Å². The summed E-state index contributed by atoms with van der Waals surface area (Å²) in [5.41, 5.74) is 6.89. The number of hydrogen-bond acceptors (Lipinski definition) is 4. The molecule has 0 aliphatic carbocycles. The van der Waals surface area contributed by atoms with Gasteiger partial charge in [-0.15, -0.1) is 0 Å². The lowest BCUT2D eigenvalue weighted by Gasteiger charge is -2.35. The molecule has 1 aliphatic heterocycles. The summed E-state index contributed by atoms with van der Waals surface area (Å²) in [6.07, 6.45) is 0.117. The van der Waals surface area contributed by atoms with Crippen molar-refractivity contribution in [1.82, 2.24) is 4.90 Å². The molecule has 19 heavy (non-hydrogen) atoms. The molecule has 0 bridgehead atoms. The van der Waals surface area contributed by atoms with Gasteiger partial charge in [-0.05, 0) is 32.0 Å². The zero-order chi connectivity index (χ0) is 14.0. The quantitative estimate of drug-likeness (QED) is 0.823. The van der Waals surface area contributed by atoms with Gasteiger partial charge in [-0.2, -0.15) is 0 Å². The van der Waals surface area contributed by atoms with Crippen molar-refractivity contribution in [3.8, 4) is 5.75 Å². The summed E-state index contributed by atoms with van der Waals surface area (Å²) in [5.74, 6) is 0.566. The van der Waals surface area contributed by atoms with E-state index in [0.29, 0.717) is 30.1 Å². The number of ether oxygens (including phenoxy) is 2. The lowest BCUT2D eigenvalue weighted by atomic mass is 10.1. The third kappa shape index (κ3) is 2.98. The van der Waals surface area contributed by atoms with Crippen molar-refractivity contribution in [2.75, 3.05) is 25.9 Å². The number of carbonyl (C=O) groups excluding carboxylic acids is 1. The number of carbonyl (C=O) groups is 1. The summed E-state index contributed by atoms with van der Waals surface area (Å²) in [6.45, 7) is 5.15. The number of hydrogen-bond donors (Lipinski definition) is 1. The zero-order valence-corrected chi connectivity index (χ0v) is 11.6. The molecule has 5 nitrogen and oxygen atoms in total. The van der Waals surface area contributed by atoms with Gasteiger partial charge in [-0.1, -0.05) is 0 Å². The van der Waals surface area contributed by atoms with Crippen LogP contribution in [0.15, 0.2) is 18.2 Å². The monoisotopic (exact) mass is 264 g/mol. The van der Waals surface area contributed by atoms with E-state index in [0.717, 1.165) is 0 Å². The van der Waals surface area contributed by atoms with Crippen LogP contribution in [-0.4, -0.2) is 43.2 Å². The van der Waals surface area contributed by atoms with Gasteiger partial charge >= 0.3 is 0 Å². The smallest absolute Gasteiger partial charge is 0.254 e. The SMILES string of the molecule is COc1ccc(C(=O)N2CC(C)OC(C)C2)cc1N. The van der Waals surface area contributed by atoms with Crippen LogP contribution in [0.2, 0.25) is 0 Å². The van der Waals surface area contributed by atoms with E-state index < -0.39 is 0 Å². The van der Waals surface area contributed by atoms with Crippen molar-refractivity contribution >= 4 is 11.6 Å². The highest BCUT2D eigenvalue weighted by Crippen LogP contribution is 2.23. The molecule has 104 valence electrons. The number of nitrogens with two attached hydrogens (primary N) is 1. The minimum absolute atomic E-state index is 0.0173. The highest BCUT2D eigenvalue weighted by Gasteiger charge is 2.26. The zero-order valence-electron chi connectivity index (χ0n) is 11.6. The molecule has 0 spiro atoms. The Bertz CT molecular complexity index is 466. The minimum atomic E-state index is -0.0173. The number of morpholine rings is 1. The average molecular weight is 264 g/mol. The Morgan fingerprint density at radius 3 is 2.53 bits per heavy atom. The maximum Gasteiger partial charge on any atom is 0.254 e. The topological polar surface area (TPSA) is 64.8 Å². The predicted molar refractivity (Wildman–Crippen MR) is 73.3 cm³/mol. The number of rotatable bonds is 2. The molecule has 0 aromatic heterocycles. The third-order valence-electron chi connectivity index (χ3n) is 3.18. The van der Waals surface area contributed by atoms with Crippen LogP contribution in [0.25, 0.3) is 0 Å². The van der Waals surface area contributed by atoms with E-state index in [1.165, 1.54) is 0 Å². The van der Waals surface area contributed by atoms with E-state index in [-0.39, 0.29) is 18.1 Å². The van der Waals surface area contributed by atoms with Crippen molar-refractivity contribution in [2.45, 2.75) is 26.1 Å². The highest BCUT2D eigenvalue weighted by molar-refractivity contribution is 5.95. The van der Waals surface area contributed by atoms with Crippen molar-refractivity contribution in [3.05, 3.63) is 23.8 Å². The first kappa shape index (κ1) is 13.7. The Kier molecular flexibility index (Phi) is 3.95. The molecule has 5 heteroatoms. The van der Waals surface area contributed by atoms with E-state index in [2.05, 4.69) is 0 Å². The van der Waals surface area contributed by atoms with Gasteiger partial charge in [0.05, 0.1) is 25.0 Å². The summed E-state index contributed by atoms with van der Waals surface area (Å²) in [7, 11) is 1.55. The lowest BCUT2D eigenvalue weighted by molar-refractivity contribution is -0.0586. The molecule has 1 aromatic rings. The van der Waals surface area contributed by atoms with Crippen LogP contribution in [0.5, 0.6) is 5.75 Å². The lowest BCUT2D eigenvalue weighted by Crippen LogP contribution is -2.48. The van der Waals surface area contributed by atoms with Crippen LogP contribution in [0.4, 0.5) is 5.69 Å². The van der Waals surface area contributed by atoms with E-state index >= 15 is 0 Å². The van der Waals surface area contributed by atoms with Gasteiger partial charge in [0.2, 0.25) is 0 Å². The molecule has 2 unspecified atom stereocenters. The molecule has 1 amide bonds. The van der Waals surface area contributed by atoms with Crippen LogP contribution in [0.1, 0.15) is 24.2 Å². The van der Waals surface area contributed by atoms with Crippen LogP contribution < -0.4 is 10.5 Å². The first-order chi connectivity index (χ1) is 9.01.